The van der Waals surface area contributed by atoms with Gasteiger partial charge in [0.15, 0.2) is 0 Å². The third-order valence-electron chi connectivity index (χ3n) is 7.69. The number of fused-ring (bicyclic) bond motifs is 3. The molecule has 2 aromatic carbocycles. The molecule has 0 heterocycles. The van der Waals surface area contributed by atoms with Gasteiger partial charge in [-0.25, -0.2) is 9.59 Å². The molecular weight excluding hydrogens is 432 g/mol. The van der Waals surface area contributed by atoms with Crippen molar-refractivity contribution in [3.63, 3.8) is 0 Å². The number of hydrogen-bond donors (Lipinski definition) is 3. The highest BCUT2D eigenvalue weighted by Gasteiger charge is 2.46. The zero-order valence-corrected chi connectivity index (χ0v) is 19.1. The lowest BCUT2D eigenvalue weighted by atomic mass is 9.75. The number of aliphatic carboxylic acids is 1. The molecule has 5 rings (SSSR count). The molecule has 7 heteroatoms. The van der Waals surface area contributed by atoms with Crippen LogP contribution in [0.25, 0.3) is 11.1 Å². The summed E-state index contributed by atoms with van der Waals surface area (Å²) in [5.74, 6) is -1.49. The Morgan fingerprint density at radius 2 is 1.59 bits per heavy atom. The normalized spacial score (nSPS) is 22.6. The third-order valence-corrected chi connectivity index (χ3v) is 7.69. The fraction of sp³-hybridized carbons (Fsp3) is 0.444. The fourth-order valence-corrected chi connectivity index (χ4v) is 5.63. The molecule has 3 aliphatic carbocycles. The van der Waals surface area contributed by atoms with Crippen molar-refractivity contribution in [2.24, 2.45) is 5.92 Å². The SMILES string of the molecule is O=C(N[C@@H]1CCC[C@H](C(=O)NC2(C(=O)O)CCC2)C1)OCC1c2ccccc2-c2ccccc21. The van der Waals surface area contributed by atoms with Gasteiger partial charge in [-0.1, -0.05) is 55.0 Å². The van der Waals surface area contributed by atoms with Crippen LogP contribution in [0, 0.1) is 5.92 Å². The lowest BCUT2D eigenvalue weighted by molar-refractivity contribution is -0.152. The number of amides is 2. The Labute approximate surface area is 198 Å². The van der Waals surface area contributed by atoms with Gasteiger partial charge in [0.2, 0.25) is 5.91 Å². The zero-order chi connectivity index (χ0) is 23.7. The van der Waals surface area contributed by atoms with Crippen molar-refractivity contribution in [3.8, 4) is 11.1 Å². The van der Waals surface area contributed by atoms with Gasteiger partial charge in [-0.05, 0) is 60.8 Å². The molecule has 2 aromatic rings. The molecule has 0 spiro atoms. The molecule has 0 bridgehead atoms. The first-order chi connectivity index (χ1) is 16.5. The van der Waals surface area contributed by atoms with E-state index in [-0.39, 0.29) is 30.4 Å². The van der Waals surface area contributed by atoms with E-state index in [1.54, 1.807) is 0 Å². The van der Waals surface area contributed by atoms with Crippen LogP contribution in [0.15, 0.2) is 48.5 Å². The molecule has 7 nitrogen and oxygen atoms in total. The van der Waals surface area contributed by atoms with Gasteiger partial charge in [0.25, 0.3) is 0 Å². The Morgan fingerprint density at radius 3 is 2.18 bits per heavy atom. The van der Waals surface area contributed by atoms with E-state index in [9.17, 15) is 19.5 Å². The van der Waals surface area contributed by atoms with Crippen LogP contribution in [-0.2, 0) is 14.3 Å². The summed E-state index contributed by atoms with van der Waals surface area (Å²) in [4.78, 5) is 37.0. The number of alkyl carbamates (subject to hydrolysis) is 1. The van der Waals surface area contributed by atoms with Gasteiger partial charge in [-0.2, -0.15) is 0 Å². The van der Waals surface area contributed by atoms with E-state index in [1.807, 2.05) is 24.3 Å². The number of ether oxygens (including phenoxy) is 1. The van der Waals surface area contributed by atoms with Crippen molar-refractivity contribution >= 4 is 18.0 Å². The molecule has 178 valence electrons. The maximum atomic E-state index is 12.8. The third kappa shape index (κ3) is 4.15. The first-order valence-electron chi connectivity index (χ1n) is 12.1. The van der Waals surface area contributed by atoms with Gasteiger partial charge < -0.3 is 20.5 Å². The molecule has 34 heavy (non-hydrogen) atoms. The van der Waals surface area contributed by atoms with Crippen LogP contribution in [0.1, 0.15) is 62.0 Å². The number of nitrogens with one attached hydrogen (secondary N) is 2. The number of rotatable bonds is 6. The molecule has 2 atom stereocenters. The van der Waals surface area contributed by atoms with E-state index in [0.29, 0.717) is 25.7 Å². The number of hydrogen-bond acceptors (Lipinski definition) is 4. The molecule has 0 unspecified atom stereocenters. The first-order valence-corrected chi connectivity index (χ1v) is 12.1. The topological polar surface area (TPSA) is 105 Å². The van der Waals surface area contributed by atoms with Crippen molar-refractivity contribution < 1.29 is 24.2 Å². The second kappa shape index (κ2) is 9.12. The van der Waals surface area contributed by atoms with Crippen molar-refractivity contribution in [1.82, 2.24) is 10.6 Å². The van der Waals surface area contributed by atoms with Crippen molar-refractivity contribution in [2.45, 2.75) is 62.4 Å². The summed E-state index contributed by atoms with van der Waals surface area (Å²) in [7, 11) is 0. The fourth-order valence-electron chi connectivity index (χ4n) is 5.63. The number of carboxylic acid groups (broad SMARTS) is 1. The van der Waals surface area contributed by atoms with Gasteiger partial charge in [-0.15, -0.1) is 0 Å². The minimum atomic E-state index is -1.11. The smallest absolute Gasteiger partial charge is 0.407 e. The standard InChI is InChI=1S/C27H30N2O5/c30-24(29-27(25(31)32)13-6-14-27)17-7-5-8-18(15-17)28-26(33)34-16-23-21-11-3-1-9-19(21)20-10-2-4-12-22(20)23/h1-4,9-12,17-18,23H,5-8,13-16H2,(H,28,33)(H,29,30)(H,31,32)/t17-,18+/m0/s1. The average molecular weight is 463 g/mol. The molecule has 3 aliphatic rings. The summed E-state index contributed by atoms with van der Waals surface area (Å²) in [6.07, 6.45) is 4.04. The van der Waals surface area contributed by atoms with Crippen LogP contribution in [0.3, 0.4) is 0 Å². The van der Waals surface area contributed by atoms with Gasteiger partial charge in [0.1, 0.15) is 12.1 Å². The molecule has 0 aromatic heterocycles. The molecule has 2 saturated carbocycles. The Balaban J connectivity index is 1.16. The lowest BCUT2D eigenvalue weighted by Gasteiger charge is -2.40. The summed E-state index contributed by atoms with van der Waals surface area (Å²) in [6, 6.07) is 16.2. The lowest BCUT2D eigenvalue weighted by Crippen LogP contribution is -2.60. The van der Waals surface area contributed by atoms with Crippen molar-refractivity contribution in [2.75, 3.05) is 6.61 Å². The average Bonchev–Trinajstić information content (AvgIpc) is 3.13. The Hall–Kier alpha value is -3.35. The Bertz CT molecular complexity index is 1060. The van der Waals surface area contributed by atoms with Crippen molar-refractivity contribution in [3.05, 3.63) is 59.7 Å². The van der Waals surface area contributed by atoms with Crippen LogP contribution in [0.5, 0.6) is 0 Å². The van der Waals surface area contributed by atoms with Crippen molar-refractivity contribution in [1.29, 1.82) is 0 Å². The first kappa shape index (κ1) is 22.4. The zero-order valence-electron chi connectivity index (χ0n) is 19.1. The van der Waals surface area contributed by atoms with E-state index >= 15 is 0 Å². The number of carboxylic acids is 1. The van der Waals surface area contributed by atoms with E-state index in [0.717, 1.165) is 30.4 Å². The summed E-state index contributed by atoms with van der Waals surface area (Å²) < 4.78 is 5.65. The molecule has 2 amide bonds. The minimum Gasteiger partial charge on any atom is -0.480 e. The van der Waals surface area contributed by atoms with Gasteiger partial charge >= 0.3 is 12.1 Å². The maximum Gasteiger partial charge on any atom is 0.407 e. The molecule has 0 radical (unpaired) electrons. The molecule has 0 saturated heterocycles. The van der Waals surface area contributed by atoms with Crippen LogP contribution >= 0.6 is 0 Å². The van der Waals surface area contributed by atoms with E-state index < -0.39 is 17.6 Å². The monoisotopic (exact) mass is 462 g/mol. The van der Waals surface area contributed by atoms with E-state index in [1.165, 1.54) is 11.1 Å². The molecular formula is C27H30N2O5. The number of carbonyl (C=O) groups excluding carboxylic acids is 2. The van der Waals surface area contributed by atoms with E-state index in [4.69, 9.17) is 4.74 Å². The van der Waals surface area contributed by atoms with Gasteiger partial charge in [0, 0.05) is 17.9 Å². The molecule has 2 fully saturated rings. The minimum absolute atomic E-state index is 0.00211. The molecule has 0 aliphatic heterocycles. The van der Waals surface area contributed by atoms with Crippen LogP contribution in [0.4, 0.5) is 4.79 Å². The predicted molar refractivity (Wildman–Crippen MR) is 126 cm³/mol. The highest BCUT2D eigenvalue weighted by Crippen LogP contribution is 2.44. The Morgan fingerprint density at radius 1 is 0.941 bits per heavy atom. The van der Waals surface area contributed by atoms with E-state index in [2.05, 4.69) is 34.9 Å². The largest absolute Gasteiger partial charge is 0.480 e. The predicted octanol–water partition coefficient (Wildman–Crippen LogP) is 4.21. The summed E-state index contributed by atoms with van der Waals surface area (Å²) in [5.41, 5.74) is 3.57. The van der Waals surface area contributed by atoms with Crippen LogP contribution in [0.2, 0.25) is 0 Å². The highest BCUT2D eigenvalue weighted by atomic mass is 16.5. The highest BCUT2D eigenvalue weighted by molar-refractivity contribution is 5.89. The van der Waals surface area contributed by atoms with Gasteiger partial charge in [0.05, 0.1) is 0 Å². The van der Waals surface area contributed by atoms with Crippen LogP contribution in [-0.4, -0.2) is 41.3 Å². The maximum absolute atomic E-state index is 12.8. The summed E-state index contributed by atoms with van der Waals surface area (Å²) in [6.45, 7) is 0.248. The van der Waals surface area contributed by atoms with Crippen LogP contribution < -0.4 is 10.6 Å². The summed E-state index contributed by atoms with van der Waals surface area (Å²) >= 11 is 0. The second-order valence-electron chi connectivity index (χ2n) is 9.76. The number of benzene rings is 2. The number of carbonyl (C=O) groups is 3. The van der Waals surface area contributed by atoms with Gasteiger partial charge in [-0.3, -0.25) is 4.79 Å². The summed E-state index contributed by atoms with van der Waals surface area (Å²) in [5, 5.41) is 15.2. The quantitative estimate of drug-likeness (QED) is 0.597. The molecule has 3 N–H and O–H groups in total. The second-order valence-corrected chi connectivity index (χ2v) is 9.76. The Kier molecular flexibility index (Phi) is 6.02.